The molecule has 1 aliphatic heterocycles. The van der Waals surface area contributed by atoms with Crippen molar-refractivity contribution in [2.75, 3.05) is 26.8 Å². The molecule has 4 nitrogen and oxygen atoms in total. The second-order valence-corrected chi connectivity index (χ2v) is 4.09. The minimum Gasteiger partial charge on any atom is -0.384 e. The second-order valence-electron chi connectivity index (χ2n) is 4.09. The number of ether oxygens (including phenoxy) is 1. The highest BCUT2D eigenvalue weighted by Crippen LogP contribution is 2.12. The zero-order valence-corrected chi connectivity index (χ0v) is 9.03. The van der Waals surface area contributed by atoms with Gasteiger partial charge in [-0.2, -0.15) is 0 Å². The third-order valence-electron chi connectivity index (χ3n) is 2.56. The van der Waals surface area contributed by atoms with Gasteiger partial charge in [-0.25, -0.2) is 0 Å². The summed E-state index contributed by atoms with van der Waals surface area (Å²) in [6, 6.07) is -0.279. The summed E-state index contributed by atoms with van der Waals surface area (Å²) in [6.07, 6.45) is 1.85. The average molecular weight is 200 g/mol. The van der Waals surface area contributed by atoms with E-state index in [1.54, 1.807) is 7.11 Å². The lowest BCUT2D eigenvalue weighted by Crippen LogP contribution is -2.49. The van der Waals surface area contributed by atoms with Gasteiger partial charge in [0.05, 0.1) is 12.6 Å². The molecule has 1 amide bonds. The number of piperidine rings is 1. The van der Waals surface area contributed by atoms with Crippen molar-refractivity contribution in [2.45, 2.75) is 25.8 Å². The zero-order chi connectivity index (χ0) is 10.6. The first-order valence-electron chi connectivity index (χ1n) is 5.18. The molecule has 4 heteroatoms. The highest BCUT2D eigenvalue weighted by atomic mass is 16.5. The first kappa shape index (κ1) is 11.5. The summed E-state index contributed by atoms with van der Waals surface area (Å²) >= 11 is 0. The number of nitrogens with two attached hydrogens (primary N) is 1. The van der Waals surface area contributed by atoms with Crippen LogP contribution in [0, 0.1) is 5.92 Å². The number of hydrogen-bond acceptors (Lipinski definition) is 3. The minimum absolute atomic E-state index is 0.0965. The van der Waals surface area contributed by atoms with Crippen LogP contribution in [0.3, 0.4) is 0 Å². The van der Waals surface area contributed by atoms with Gasteiger partial charge in [0, 0.05) is 20.2 Å². The molecule has 2 atom stereocenters. The predicted octanol–water partition coefficient (Wildman–Crippen LogP) is 0.219. The molecule has 1 rings (SSSR count). The van der Waals surface area contributed by atoms with Gasteiger partial charge in [0.15, 0.2) is 0 Å². The lowest BCUT2D eigenvalue weighted by atomic mass is 10.0. The van der Waals surface area contributed by atoms with Crippen LogP contribution < -0.4 is 5.73 Å². The third-order valence-corrected chi connectivity index (χ3v) is 2.56. The van der Waals surface area contributed by atoms with Crippen LogP contribution in [0.5, 0.6) is 0 Å². The van der Waals surface area contributed by atoms with Gasteiger partial charge in [-0.1, -0.05) is 6.92 Å². The van der Waals surface area contributed by atoms with E-state index in [9.17, 15) is 4.79 Å². The Kier molecular flexibility index (Phi) is 4.35. The molecule has 1 aliphatic rings. The lowest BCUT2D eigenvalue weighted by Gasteiger charge is -2.32. The third kappa shape index (κ3) is 2.96. The Morgan fingerprint density at radius 2 is 2.43 bits per heavy atom. The normalized spacial score (nSPS) is 25.2. The van der Waals surface area contributed by atoms with Crippen molar-refractivity contribution in [3.63, 3.8) is 0 Å². The van der Waals surface area contributed by atoms with Crippen molar-refractivity contribution in [3.05, 3.63) is 0 Å². The Labute approximate surface area is 85.4 Å². The van der Waals surface area contributed by atoms with Crippen LogP contribution in [0.25, 0.3) is 0 Å². The fourth-order valence-corrected chi connectivity index (χ4v) is 1.86. The predicted molar refractivity (Wildman–Crippen MR) is 54.8 cm³/mol. The average Bonchev–Trinajstić information content (AvgIpc) is 2.13. The number of carbonyl (C=O) groups excluding carboxylic acids is 1. The summed E-state index contributed by atoms with van der Waals surface area (Å²) in [6.45, 7) is 4.39. The number of nitrogens with zero attached hydrogens (tertiary/aromatic N) is 1. The van der Waals surface area contributed by atoms with E-state index in [4.69, 9.17) is 10.5 Å². The first-order valence-corrected chi connectivity index (χ1v) is 5.18. The van der Waals surface area contributed by atoms with E-state index in [1.807, 2.05) is 4.90 Å². The van der Waals surface area contributed by atoms with Gasteiger partial charge in [0.1, 0.15) is 0 Å². The minimum atomic E-state index is -0.279. The van der Waals surface area contributed by atoms with E-state index in [1.165, 1.54) is 0 Å². The van der Waals surface area contributed by atoms with E-state index in [2.05, 4.69) is 6.92 Å². The maximum absolute atomic E-state index is 11.6. The molecule has 0 aliphatic carbocycles. The smallest absolute Gasteiger partial charge is 0.239 e. The van der Waals surface area contributed by atoms with Crippen LogP contribution in [-0.4, -0.2) is 43.7 Å². The summed E-state index contributed by atoms with van der Waals surface area (Å²) in [5, 5.41) is 0. The lowest BCUT2D eigenvalue weighted by molar-refractivity contribution is -0.135. The Balaban J connectivity index is 2.39. The molecule has 2 unspecified atom stereocenters. The maximum Gasteiger partial charge on any atom is 0.239 e. The Morgan fingerprint density at radius 1 is 1.71 bits per heavy atom. The monoisotopic (exact) mass is 200 g/mol. The number of methoxy groups -OCH3 is 1. The largest absolute Gasteiger partial charge is 0.384 e. The molecule has 0 aromatic carbocycles. The summed E-state index contributed by atoms with van der Waals surface area (Å²) in [7, 11) is 1.68. The molecule has 14 heavy (non-hydrogen) atoms. The molecule has 0 saturated carbocycles. The molecular weight excluding hydrogens is 180 g/mol. The van der Waals surface area contributed by atoms with E-state index >= 15 is 0 Å². The van der Waals surface area contributed by atoms with Crippen LogP contribution >= 0.6 is 0 Å². The van der Waals surface area contributed by atoms with Gasteiger partial charge in [0.25, 0.3) is 0 Å². The number of rotatable bonds is 4. The molecule has 0 bridgehead atoms. The van der Waals surface area contributed by atoms with Gasteiger partial charge in [-0.15, -0.1) is 0 Å². The van der Waals surface area contributed by atoms with Crippen LogP contribution in [0.4, 0.5) is 0 Å². The number of amides is 1. The van der Waals surface area contributed by atoms with Crippen molar-refractivity contribution in [2.24, 2.45) is 11.7 Å². The number of carbonyl (C=O) groups is 1. The Hall–Kier alpha value is -0.610. The molecular formula is C10H20N2O2. The summed E-state index contributed by atoms with van der Waals surface area (Å²) < 4.78 is 5.04. The number of hydrogen-bond donors (Lipinski definition) is 1. The molecule has 82 valence electrons. The summed E-state index contributed by atoms with van der Waals surface area (Å²) in [5.74, 6) is 0.480. The first-order chi connectivity index (χ1) is 6.65. The molecule has 1 saturated heterocycles. The van der Waals surface area contributed by atoms with Gasteiger partial charge in [0.2, 0.25) is 5.91 Å². The fraction of sp³-hybridized carbons (Fsp3) is 0.900. The Bertz CT molecular complexity index is 197. The van der Waals surface area contributed by atoms with Crippen molar-refractivity contribution in [1.82, 2.24) is 4.90 Å². The highest BCUT2D eigenvalue weighted by molar-refractivity contribution is 5.82. The Morgan fingerprint density at radius 3 is 3.07 bits per heavy atom. The number of likely N-dealkylation sites (tertiary alicyclic amines) is 1. The van der Waals surface area contributed by atoms with Crippen molar-refractivity contribution in [3.8, 4) is 0 Å². The van der Waals surface area contributed by atoms with E-state index < -0.39 is 0 Å². The highest BCUT2D eigenvalue weighted by Gasteiger charge is 2.26. The van der Waals surface area contributed by atoms with E-state index in [0.717, 1.165) is 25.9 Å². The van der Waals surface area contributed by atoms with Crippen LogP contribution in [0.2, 0.25) is 0 Å². The van der Waals surface area contributed by atoms with E-state index in [0.29, 0.717) is 12.5 Å². The van der Waals surface area contributed by atoms with Crippen molar-refractivity contribution >= 4 is 5.91 Å². The molecule has 0 spiro atoms. The zero-order valence-electron chi connectivity index (χ0n) is 9.03. The van der Waals surface area contributed by atoms with Crippen LogP contribution in [0.1, 0.15) is 19.8 Å². The van der Waals surface area contributed by atoms with Crippen LogP contribution in [0.15, 0.2) is 0 Å². The molecule has 1 heterocycles. The van der Waals surface area contributed by atoms with E-state index in [-0.39, 0.29) is 11.9 Å². The SMILES string of the molecule is COCC(C)CN1CCCC(N)C1=O. The van der Waals surface area contributed by atoms with Crippen molar-refractivity contribution < 1.29 is 9.53 Å². The summed E-state index contributed by atoms with van der Waals surface area (Å²) in [5.41, 5.74) is 5.70. The molecule has 0 radical (unpaired) electrons. The molecule has 0 aromatic rings. The topological polar surface area (TPSA) is 55.6 Å². The molecule has 1 fully saturated rings. The van der Waals surface area contributed by atoms with Gasteiger partial charge >= 0.3 is 0 Å². The van der Waals surface area contributed by atoms with Gasteiger partial charge in [-0.05, 0) is 18.8 Å². The van der Waals surface area contributed by atoms with Crippen molar-refractivity contribution in [1.29, 1.82) is 0 Å². The molecule has 2 N–H and O–H groups in total. The second kappa shape index (κ2) is 5.32. The quantitative estimate of drug-likeness (QED) is 0.706. The summed E-state index contributed by atoms with van der Waals surface area (Å²) in [4.78, 5) is 13.5. The van der Waals surface area contributed by atoms with Gasteiger partial charge < -0.3 is 15.4 Å². The fourth-order valence-electron chi connectivity index (χ4n) is 1.86. The standard InChI is InChI=1S/C10H20N2O2/c1-8(7-14-2)6-12-5-3-4-9(11)10(12)13/h8-9H,3-7,11H2,1-2H3. The van der Waals surface area contributed by atoms with Crippen LogP contribution in [-0.2, 0) is 9.53 Å². The molecule has 0 aromatic heterocycles. The van der Waals surface area contributed by atoms with Gasteiger partial charge in [-0.3, -0.25) is 4.79 Å². The maximum atomic E-state index is 11.6.